The molecule has 3 nitrogen and oxygen atoms in total. The first-order valence-electron chi connectivity index (χ1n) is 5.63. The molecule has 2 rings (SSSR count). The third kappa shape index (κ3) is 3.68. The second-order valence-electron chi connectivity index (χ2n) is 4.02. The van der Waals surface area contributed by atoms with Crippen molar-refractivity contribution in [2.75, 3.05) is 5.32 Å². The van der Waals surface area contributed by atoms with E-state index in [0.29, 0.717) is 21.3 Å². The summed E-state index contributed by atoms with van der Waals surface area (Å²) in [4.78, 5) is 12.4. The van der Waals surface area contributed by atoms with Crippen LogP contribution in [0, 0.1) is 3.57 Å². The number of carbonyl (C=O) groups excluding carboxylic acids is 1. The number of halogens is 2. The Morgan fingerprint density at radius 3 is 2.30 bits per heavy atom. The van der Waals surface area contributed by atoms with E-state index >= 15 is 0 Å². The molecular weight excluding hydrogens is 407 g/mol. The van der Waals surface area contributed by atoms with E-state index in [1.54, 1.807) is 42.5 Å². The predicted molar refractivity (Wildman–Crippen MR) is 94.5 cm³/mol. The van der Waals surface area contributed by atoms with Gasteiger partial charge in [0.15, 0.2) is 0 Å². The molecule has 0 radical (unpaired) electrons. The molecule has 20 heavy (non-hydrogen) atoms. The summed E-state index contributed by atoms with van der Waals surface area (Å²) in [5.41, 5.74) is 7.45. The lowest BCUT2D eigenvalue weighted by Crippen LogP contribution is -2.13. The van der Waals surface area contributed by atoms with Crippen molar-refractivity contribution in [3.8, 4) is 0 Å². The smallest absolute Gasteiger partial charge is 0.255 e. The molecule has 2 aromatic rings. The van der Waals surface area contributed by atoms with Crippen molar-refractivity contribution in [3.05, 3.63) is 62.2 Å². The average molecular weight is 417 g/mol. The lowest BCUT2D eigenvalue weighted by atomic mass is 10.2. The quantitative estimate of drug-likeness (QED) is 0.591. The highest BCUT2D eigenvalue weighted by Gasteiger charge is 2.08. The normalized spacial score (nSPS) is 10.1. The Bertz CT molecular complexity index is 673. The van der Waals surface area contributed by atoms with Gasteiger partial charge in [-0.25, -0.2) is 0 Å². The summed E-state index contributed by atoms with van der Waals surface area (Å²) in [5.74, 6) is -0.216. The number of rotatable bonds is 3. The molecular formula is C14H10ClIN2OS. The molecule has 0 saturated carbocycles. The first-order valence-corrected chi connectivity index (χ1v) is 7.50. The zero-order chi connectivity index (χ0) is 14.7. The van der Waals surface area contributed by atoms with Crippen LogP contribution in [0.2, 0.25) is 5.02 Å². The van der Waals surface area contributed by atoms with Gasteiger partial charge in [-0.1, -0.05) is 23.8 Å². The Kier molecular flexibility index (Phi) is 4.95. The van der Waals surface area contributed by atoms with Crippen LogP contribution in [0.1, 0.15) is 15.9 Å². The molecule has 0 unspecified atom stereocenters. The number of thiocarbonyl (C=S) groups is 1. The molecule has 1 amide bonds. The van der Waals surface area contributed by atoms with Crippen LogP contribution in [0.3, 0.4) is 0 Å². The summed E-state index contributed by atoms with van der Waals surface area (Å²) in [7, 11) is 0. The van der Waals surface area contributed by atoms with Crippen molar-refractivity contribution in [3.63, 3.8) is 0 Å². The van der Waals surface area contributed by atoms with Crippen molar-refractivity contribution in [1.29, 1.82) is 0 Å². The molecule has 0 aliphatic rings. The van der Waals surface area contributed by atoms with Gasteiger partial charge >= 0.3 is 0 Å². The van der Waals surface area contributed by atoms with Gasteiger partial charge in [0.2, 0.25) is 0 Å². The van der Waals surface area contributed by atoms with Gasteiger partial charge in [0.25, 0.3) is 5.91 Å². The summed E-state index contributed by atoms with van der Waals surface area (Å²) >= 11 is 13.0. The standard InChI is InChI=1S/C14H10ClIN2OS/c15-11-7-9(3-6-12(11)16)14(19)18-10-4-1-8(2-5-10)13(17)20/h1-7H,(H2,17,20)(H,18,19). The summed E-state index contributed by atoms with van der Waals surface area (Å²) in [6, 6.07) is 12.2. The molecule has 0 heterocycles. The molecule has 102 valence electrons. The van der Waals surface area contributed by atoms with E-state index in [4.69, 9.17) is 29.6 Å². The zero-order valence-corrected chi connectivity index (χ0v) is 13.9. The Balaban J connectivity index is 2.14. The number of nitrogens with one attached hydrogen (secondary N) is 1. The summed E-state index contributed by atoms with van der Waals surface area (Å²) in [5, 5.41) is 3.34. The molecule has 0 aliphatic carbocycles. The third-order valence-corrected chi connectivity index (χ3v) is 4.42. The van der Waals surface area contributed by atoms with E-state index in [0.717, 1.165) is 9.13 Å². The molecule has 3 N–H and O–H groups in total. The monoisotopic (exact) mass is 416 g/mol. The lowest BCUT2D eigenvalue weighted by Gasteiger charge is -2.07. The van der Waals surface area contributed by atoms with E-state index in [9.17, 15) is 4.79 Å². The van der Waals surface area contributed by atoms with Crippen molar-refractivity contribution < 1.29 is 4.79 Å². The fourth-order valence-corrected chi connectivity index (χ4v) is 2.21. The van der Waals surface area contributed by atoms with Crippen LogP contribution < -0.4 is 11.1 Å². The van der Waals surface area contributed by atoms with Gasteiger partial charge in [-0.2, -0.15) is 0 Å². The minimum Gasteiger partial charge on any atom is -0.389 e. The van der Waals surface area contributed by atoms with Gasteiger partial charge in [0, 0.05) is 20.4 Å². The van der Waals surface area contributed by atoms with Crippen LogP contribution in [0.15, 0.2) is 42.5 Å². The van der Waals surface area contributed by atoms with E-state index < -0.39 is 0 Å². The van der Waals surface area contributed by atoms with E-state index in [-0.39, 0.29) is 5.91 Å². The summed E-state index contributed by atoms with van der Waals surface area (Å²) in [6.45, 7) is 0. The molecule has 0 saturated heterocycles. The summed E-state index contributed by atoms with van der Waals surface area (Å²) < 4.78 is 0.904. The second-order valence-corrected chi connectivity index (χ2v) is 6.03. The van der Waals surface area contributed by atoms with Crippen molar-refractivity contribution in [2.45, 2.75) is 0 Å². The molecule has 0 aromatic heterocycles. The van der Waals surface area contributed by atoms with Crippen LogP contribution in [0.5, 0.6) is 0 Å². The number of hydrogen-bond donors (Lipinski definition) is 2. The number of nitrogens with two attached hydrogens (primary N) is 1. The van der Waals surface area contributed by atoms with E-state index in [1.807, 2.05) is 0 Å². The van der Waals surface area contributed by atoms with Gasteiger partial charge in [0.1, 0.15) is 4.99 Å². The highest BCUT2D eigenvalue weighted by molar-refractivity contribution is 14.1. The fraction of sp³-hybridized carbons (Fsp3) is 0. The average Bonchev–Trinajstić information content (AvgIpc) is 2.42. The number of hydrogen-bond acceptors (Lipinski definition) is 2. The zero-order valence-electron chi connectivity index (χ0n) is 10.2. The molecule has 0 spiro atoms. The van der Waals surface area contributed by atoms with Crippen LogP contribution in [-0.4, -0.2) is 10.9 Å². The minimum atomic E-state index is -0.216. The van der Waals surface area contributed by atoms with Gasteiger partial charge in [-0.05, 0) is 65.1 Å². The predicted octanol–water partition coefficient (Wildman–Crippen LogP) is 3.83. The van der Waals surface area contributed by atoms with Gasteiger partial charge in [-0.3, -0.25) is 4.79 Å². The van der Waals surface area contributed by atoms with E-state index in [1.165, 1.54) is 0 Å². The van der Waals surface area contributed by atoms with E-state index in [2.05, 4.69) is 27.9 Å². The van der Waals surface area contributed by atoms with Crippen LogP contribution in [0.4, 0.5) is 5.69 Å². The fourth-order valence-electron chi connectivity index (χ4n) is 1.56. The Labute approximate surface area is 140 Å². The van der Waals surface area contributed by atoms with Crippen LogP contribution in [-0.2, 0) is 0 Å². The molecule has 0 atom stereocenters. The van der Waals surface area contributed by atoms with Crippen molar-refractivity contribution in [1.82, 2.24) is 0 Å². The second kappa shape index (κ2) is 6.51. The van der Waals surface area contributed by atoms with Crippen molar-refractivity contribution >= 4 is 63.0 Å². The molecule has 2 aromatic carbocycles. The number of anilines is 1. The maximum atomic E-state index is 12.1. The highest BCUT2D eigenvalue weighted by Crippen LogP contribution is 2.20. The Morgan fingerprint density at radius 2 is 1.75 bits per heavy atom. The van der Waals surface area contributed by atoms with Gasteiger partial charge in [-0.15, -0.1) is 0 Å². The molecule has 0 aliphatic heterocycles. The lowest BCUT2D eigenvalue weighted by molar-refractivity contribution is 0.102. The molecule has 6 heteroatoms. The highest BCUT2D eigenvalue weighted by atomic mass is 127. The largest absolute Gasteiger partial charge is 0.389 e. The maximum absolute atomic E-state index is 12.1. The first kappa shape index (κ1) is 15.2. The Hall–Kier alpha value is -1.18. The number of amides is 1. The number of benzene rings is 2. The van der Waals surface area contributed by atoms with Gasteiger partial charge < -0.3 is 11.1 Å². The Morgan fingerprint density at radius 1 is 1.15 bits per heavy atom. The van der Waals surface area contributed by atoms with Crippen LogP contribution >= 0.6 is 46.4 Å². The topological polar surface area (TPSA) is 55.1 Å². The SMILES string of the molecule is NC(=S)c1ccc(NC(=O)c2ccc(I)c(Cl)c2)cc1. The van der Waals surface area contributed by atoms with Crippen LogP contribution in [0.25, 0.3) is 0 Å². The molecule has 0 bridgehead atoms. The summed E-state index contributed by atoms with van der Waals surface area (Å²) in [6.07, 6.45) is 0. The molecule has 0 fully saturated rings. The first-order chi connectivity index (χ1) is 9.47. The maximum Gasteiger partial charge on any atom is 0.255 e. The van der Waals surface area contributed by atoms with Gasteiger partial charge in [0.05, 0.1) is 5.02 Å². The minimum absolute atomic E-state index is 0.216. The third-order valence-electron chi connectivity index (χ3n) is 2.61. The van der Waals surface area contributed by atoms with Crippen molar-refractivity contribution in [2.24, 2.45) is 5.73 Å². The number of carbonyl (C=O) groups is 1.